The molecule has 106 valence electrons. The van der Waals surface area contributed by atoms with Crippen LogP contribution in [0.3, 0.4) is 0 Å². The molecule has 1 aromatic heterocycles. The van der Waals surface area contributed by atoms with Crippen LogP contribution in [0, 0.1) is 6.92 Å². The van der Waals surface area contributed by atoms with Crippen LogP contribution < -0.4 is 0 Å². The summed E-state index contributed by atoms with van der Waals surface area (Å²) in [7, 11) is 0. The Labute approximate surface area is 121 Å². The van der Waals surface area contributed by atoms with Crippen LogP contribution >= 0.6 is 11.6 Å². The molecule has 6 heteroatoms. The van der Waals surface area contributed by atoms with Crippen LogP contribution in [0.1, 0.15) is 28.7 Å². The molecular weight excluding hydrogens is 282 g/mol. The third-order valence-corrected chi connectivity index (χ3v) is 3.06. The largest absolute Gasteiger partial charge is 0.462 e. The molecule has 2 aromatic rings. The van der Waals surface area contributed by atoms with Crippen molar-refractivity contribution in [1.29, 1.82) is 0 Å². The number of aliphatic hydroxyl groups is 1. The Morgan fingerprint density at radius 3 is 2.90 bits per heavy atom. The summed E-state index contributed by atoms with van der Waals surface area (Å²) < 4.78 is 10.1. The fraction of sp³-hybridized carbons (Fsp3) is 0.286. The van der Waals surface area contributed by atoms with Gasteiger partial charge in [0, 0.05) is 10.6 Å². The first kappa shape index (κ1) is 14.6. The fourth-order valence-corrected chi connectivity index (χ4v) is 2.15. The highest BCUT2D eigenvalue weighted by molar-refractivity contribution is 6.31. The van der Waals surface area contributed by atoms with Gasteiger partial charge < -0.3 is 14.4 Å². The highest BCUT2D eigenvalue weighted by Gasteiger charge is 2.21. The molecule has 0 aliphatic heterocycles. The van der Waals surface area contributed by atoms with Crippen LogP contribution in [0.15, 0.2) is 22.7 Å². The summed E-state index contributed by atoms with van der Waals surface area (Å²) in [6, 6.07) is 4.88. The van der Waals surface area contributed by atoms with Gasteiger partial charge in [-0.2, -0.15) is 0 Å². The van der Waals surface area contributed by atoms with Gasteiger partial charge in [0.05, 0.1) is 23.4 Å². The van der Waals surface area contributed by atoms with E-state index >= 15 is 0 Å². The fourth-order valence-electron chi connectivity index (χ4n) is 1.98. The van der Waals surface area contributed by atoms with Crippen LogP contribution in [0.4, 0.5) is 0 Å². The number of esters is 1. The Bertz CT molecular complexity index is 636. The molecule has 1 aromatic carbocycles. The van der Waals surface area contributed by atoms with Gasteiger partial charge in [-0.25, -0.2) is 4.79 Å². The zero-order chi connectivity index (χ0) is 14.7. The predicted octanol–water partition coefficient (Wildman–Crippen LogP) is 2.97. The van der Waals surface area contributed by atoms with Crippen LogP contribution in [0.2, 0.25) is 5.02 Å². The first-order valence-corrected chi connectivity index (χ1v) is 6.49. The average Bonchev–Trinajstić information content (AvgIpc) is 2.80. The molecule has 0 radical (unpaired) electrons. The van der Waals surface area contributed by atoms with E-state index in [1.54, 1.807) is 26.0 Å². The number of rotatable bonds is 4. The van der Waals surface area contributed by atoms with Crippen molar-refractivity contribution in [2.45, 2.75) is 20.5 Å². The van der Waals surface area contributed by atoms with Crippen molar-refractivity contribution in [2.24, 2.45) is 0 Å². The van der Waals surface area contributed by atoms with Crippen molar-refractivity contribution >= 4 is 17.6 Å². The lowest BCUT2D eigenvalue weighted by Gasteiger charge is -2.09. The summed E-state index contributed by atoms with van der Waals surface area (Å²) in [5.41, 5.74) is 2.07. The maximum absolute atomic E-state index is 12.0. The lowest BCUT2D eigenvalue weighted by Crippen LogP contribution is -2.07. The van der Waals surface area contributed by atoms with Crippen LogP contribution in [0.5, 0.6) is 0 Å². The summed E-state index contributed by atoms with van der Waals surface area (Å²) in [6.45, 7) is 3.43. The normalized spacial score (nSPS) is 10.6. The molecule has 0 spiro atoms. The Morgan fingerprint density at radius 2 is 2.25 bits per heavy atom. The zero-order valence-corrected chi connectivity index (χ0v) is 11.9. The lowest BCUT2D eigenvalue weighted by atomic mass is 9.98. The van der Waals surface area contributed by atoms with Gasteiger partial charge in [0.25, 0.3) is 0 Å². The van der Waals surface area contributed by atoms with E-state index in [1.165, 1.54) is 6.07 Å². The number of hydrogen-bond acceptors (Lipinski definition) is 5. The number of aliphatic hydroxyl groups excluding tert-OH is 1. The van der Waals surface area contributed by atoms with E-state index in [-0.39, 0.29) is 13.2 Å². The van der Waals surface area contributed by atoms with Crippen molar-refractivity contribution in [3.63, 3.8) is 0 Å². The van der Waals surface area contributed by atoms with E-state index < -0.39 is 5.97 Å². The molecule has 0 aliphatic carbocycles. The number of ether oxygens (including phenoxy) is 1. The van der Waals surface area contributed by atoms with E-state index in [0.717, 1.165) is 0 Å². The highest BCUT2D eigenvalue weighted by atomic mass is 35.5. The standard InChI is InChI=1S/C14H14ClNO4/c1-3-19-14(18)11-6-9(15)4-5-10(11)13-8(2)16-20-12(13)7-17/h4-6,17H,3,7H2,1-2H3. The van der Waals surface area contributed by atoms with Crippen molar-refractivity contribution in [3.05, 3.63) is 40.2 Å². The van der Waals surface area contributed by atoms with Crippen molar-refractivity contribution < 1.29 is 19.2 Å². The number of halogens is 1. The van der Waals surface area contributed by atoms with Crippen LogP contribution in [-0.2, 0) is 11.3 Å². The van der Waals surface area contributed by atoms with Gasteiger partial charge in [-0.1, -0.05) is 22.8 Å². The number of aromatic nitrogens is 1. The van der Waals surface area contributed by atoms with Crippen molar-refractivity contribution in [1.82, 2.24) is 5.16 Å². The minimum Gasteiger partial charge on any atom is -0.462 e. The van der Waals surface area contributed by atoms with E-state index in [4.69, 9.17) is 20.9 Å². The maximum Gasteiger partial charge on any atom is 0.338 e. The minimum atomic E-state index is -0.477. The lowest BCUT2D eigenvalue weighted by molar-refractivity contribution is 0.0527. The third-order valence-electron chi connectivity index (χ3n) is 2.82. The number of carbonyl (C=O) groups is 1. The zero-order valence-electron chi connectivity index (χ0n) is 11.1. The number of aryl methyl sites for hydroxylation is 1. The number of benzene rings is 1. The van der Waals surface area contributed by atoms with Crippen LogP contribution in [0.25, 0.3) is 11.1 Å². The molecular formula is C14H14ClNO4. The van der Waals surface area contributed by atoms with Gasteiger partial charge in [-0.15, -0.1) is 0 Å². The monoisotopic (exact) mass is 295 g/mol. The number of nitrogens with zero attached hydrogens (tertiary/aromatic N) is 1. The molecule has 0 unspecified atom stereocenters. The van der Waals surface area contributed by atoms with Gasteiger partial charge in [0.2, 0.25) is 0 Å². The molecule has 1 N–H and O–H groups in total. The minimum absolute atomic E-state index is 0.264. The molecule has 2 rings (SSSR count). The Hall–Kier alpha value is -1.85. The van der Waals surface area contributed by atoms with Gasteiger partial charge in [0.15, 0.2) is 5.76 Å². The molecule has 1 heterocycles. The van der Waals surface area contributed by atoms with E-state index in [1.807, 2.05) is 0 Å². The first-order chi connectivity index (χ1) is 9.58. The Kier molecular flexibility index (Phi) is 4.42. The molecule has 0 aliphatic rings. The Balaban J connectivity index is 2.61. The quantitative estimate of drug-likeness (QED) is 0.878. The van der Waals surface area contributed by atoms with Gasteiger partial charge >= 0.3 is 5.97 Å². The van der Waals surface area contributed by atoms with Crippen LogP contribution in [-0.4, -0.2) is 22.8 Å². The van der Waals surface area contributed by atoms with E-state index in [9.17, 15) is 9.90 Å². The number of carbonyl (C=O) groups excluding carboxylic acids is 1. The summed E-state index contributed by atoms with van der Waals surface area (Å²) in [5, 5.41) is 13.5. The molecule has 0 amide bonds. The molecule has 5 nitrogen and oxygen atoms in total. The second-order valence-corrected chi connectivity index (χ2v) is 4.57. The van der Waals surface area contributed by atoms with Gasteiger partial charge in [0.1, 0.15) is 6.61 Å². The van der Waals surface area contributed by atoms with Crippen molar-refractivity contribution in [3.8, 4) is 11.1 Å². The summed E-state index contributed by atoms with van der Waals surface area (Å²) in [6.07, 6.45) is 0. The van der Waals surface area contributed by atoms with Crippen molar-refractivity contribution in [2.75, 3.05) is 6.61 Å². The molecule has 0 bridgehead atoms. The Morgan fingerprint density at radius 1 is 1.50 bits per heavy atom. The second kappa shape index (κ2) is 6.07. The molecule has 20 heavy (non-hydrogen) atoms. The number of hydrogen-bond donors (Lipinski definition) is 1. The third kappa shape index (κ3) is 2.69. The second-order valence-electron chi connectivity index (χ2n) is 4.13. The molecule has 0 atom stereocenters. The smallest absolute Gasteiger partial charge is 0.338 e. The highest BCUT2D eigenvalue weighted by Crippen LogP contribution is 2.32. The van der Waals surface area contributed by atoms with Gasteiger partial charge in [-0.05, 0) is 26.0 Å². The van der Waals surface area contributed by atoms with Gasteiger partial charge in [-0.3, -0.25) is 0 Å². The summed E-state index contributed by atoms with van der Waals surface area (Å²) >= 11 is 5.94. The SMILES string of the molecule is CCOC(=O)c1cc(Cl)ccc1-c1c(C)noc1CO. The molecule has 0 fully saturated rings. The average molecular weight is 296 g/mol. The summed E-state index contributed by atoms with van der Waals surface area (Å²) in [5.74, 6) is -0.176. The van der Waals surface area contributed by atoms with E-state index in [2.05, 4.69) is 5.16 Å². The van der Waals surface area contributed by atoms with E-state index in [0.29, 0.717) is 33.2 Å². The summed E-state index contributed by atoms with van der Waals surface area (Å²) in [4.78, 5) is 12.0. The maximum atomic E-state index is 12.0. The predicted molar refractivity (Wildman–Crippen MR) is 73.6 cm³/mol. The molecule has 0 saturated carbocycles. The first-order valence-electron chi connectivity index (χ1n) is 6.11. The molecule has 0 saturated heterocycles. The topological polar surface area (TPSA) is 72.6 Å².